The van der Waals surface area contributed by atoms with Crippen LogP contribution >= 0.6 is 15.9 Å². The summed E-state index contributed by atoms with van der Waals surface area (Å²) in [5.41, 5.74) is 2.03. The van der Waals surface area contributed by atoms with Gasteiger partial charge in [-0.3, -0.25) is 9.59 Å². The van der Waals surface area contributed by atoms with Crippen LogP contribution in [0.1, 0.15) is 10.4 Å². The zero-order valence-electron chi connectivity index (χ0n) is 15.7. The van der Waals surface area contributed by atoms with Gasteiger partial charge in [0, 0.05) is 17.2 Å². The Kier molecular flexibility index (Phi) is 5.26. The number of fused-ring (bicyclic) bond motifs is 1. The zero-order chi connectivity index (χ0) is 21.4. The number of amides is 2. The Morgan fingerprint density at radius 3 is 2.43 bits per heavy atom. The quantitative estimate of drug-likeness (QED) is 0.583. The molecular formula is C22H15BrF2N2O3. The summed E-state index contributed by atoms with van der Waals surface area (Å²) in [6.45, 7) is -0.00765. The van der Waals surface area contributed by atoms with Crippen molar-refractivity contribution in [3.63, 3.8) is 0 Å². The number of carbonyl (C=O) groups is 2. The fourth-order valence-corrected chi connectivity index (χ4v) is 3.71. The van der Waals surface area contributed by atoms with E-state index in [1.54, 1.807) is 37.4 Å². The van der Waals surface area contributed by atoms with E-state index in [1.807, 2.05) is 6.07 Å². The summed E-state index contributed by atoms with van der Waals surface area (Å²) in [5.74, 6) is -2.27. The molecule has 0 spiro atoms. The third-order valence-corrected chi connectivity index (χ3v) is 5.43. The summed E-state index contributed by atoms with van der Waals surface area (Å²) in [4.78, 5) is 25.7. The predicted octanol–water partition coefficient (Wildman–Crippen LogP) is 5.00. The molecule has 0 unspecified atom stereocenters. The molecule has 1 aliphatic rings. The molecule has 0 radical (unpaired) electrons. The normalized spacial score (nSPS) is 12.9. The number of likely N-dealkylation sites (N-methyl/N-ethyl adjacent to an activating group) is 1. The van der Waals surface area contributed by atoms with Crippen molar-refractivity contribution >= 4 is 39.1 Å². The van der Waals surface area contributed by atoms with Crippen molar-refractivity contribution in [3.05, 3.63) is 76.3 Å². The Hall–Kier alpha value is -3.26. The second-order valence-electron chi connectivity index (χ2n) is 6.67. The van der Waals surface area contributed by atoms with Crippen LogP contribution in [0.5, 0.6) is 5.75 Å². The van der Waals surface area contributed by atoms with Crippen molar-refractivity contribution in [2.24, 2.45) is 0 Å². The Labute approximate surface area is 179 Å². The first-order valence-corrected chi connectivity index (χ1v) is 9.73. The van der Waals surface area contributed by atoms with Crippen LogP contribution in [0.15, 0.2) is 59.1 Å². The second kappa shape index (κ2) is 7.87. The predicted molar refractivity (Wildman–Crippen MR) is 113 cm³/mol. The minimum Gasteiger partial charge on any atom is -0.482 e. The van der Waals surface area contributed by atoms with Crippen LogP contribution < -0.4 is 15.0 Å². The lowest BCUT2D eigenvalue weighted by Crippen LogP contribution is -2.35. The second-order valence-corrected chi connectivity index (χ2v) is 7.52. The van der Waals surface area contributed by atoms with Gasteiger partial charge < -0.3 is 15.0 Å². The largest absolute Gasteiger partial charge is 0.482 e. The lowest BCUT2D eigenvalue weighted by molar-refractivity contribution is -0.120. The molecular weight excluding hydrogens is 458 g/mol. The summed E-state index contributed by atoms with van der Waals surface area (Å²) in [6, 6.07) is 13.6. The number of benzene rings is 3. The molecule has 5 nitrogen and oxygen atoms in total. The molecule has 3 aromatic rings. The molecule has 0 saturated carbocycles. The number of anilines is 2. The topological polar surface area (TPSA) is 58.6 Å². The minimum atomic E-state index is -0.928. The van der Waals surface area contributed by atoms with E-state index >= 15 is 0 Å². The van der Waals surface area contributed by atoms with Crippen molar-refractivity contribution in [2.45, 2.75) is 0 Å². The molecule has 0 bridgehead atoms. The third kappa shape index (κ3) is 3.66. The number of ether oxygens (including phenoxy) is 1. The summed E-state index contributed by atoms with van der Waals surface area (Å²) in [6.07, 6.45) is 0. The van der Waals surface area contributed by atoms with Crippen molar-refractivity contribution < 1.29 is 23.1 Å². The van der Waals surface area contributed by atoms with Gasteiger partial charge in [0.15, 0.2) is 6.61 Å². The molecule has 2 amide bonds. The highest BCUT2D eigenvalue weighted by atomic mass is 79.9. The molecule has 0 aromatic heterocycles. The highest BCUT2D eigenvalue weighted by molar-refractivity contribution is 9.10. The van der Waals surface area contributed by atoms with Crippen LogP contribution in [-0.4, -0.2) is 25.5 Å². The molecule has 1 heterocycles. The molecule has 0 fully saturated rings. The fourth-order valence-electron chi connectivity index (χ4n) is 3.15. The van der Waals surface area contributed by atoms with E-state index in [2.05, 4.69) is 21.2 Å². The van der Waals surface area contributed by atoms with Gasteiger partial charge in [-0.1, -0.05) is 34.1 Å². The smallest absolute Gasteiger partial charge is 0.264 e. The van der Waals surface area contributed by atoms with Gasteiger partial charge >= 0.3 is 0 Å². The maximum absolute atomic E-state index is 13.8. The van der Waals surface area contributed by atoms with Gasteiger partial charge in [0.05, 0.1) is 5.69 Å². The number of nitrogens with one attached hydrogen (secondary N) is 1. The van der Waals surface area contributed by atoms with E-state index in [4.69, 9.17) is 4.74 Å². The van der Waals surface area contributed by atoms with E-state index in [-0.39, 0.29) is 12.5 Å². The van der Waals surface area contributed by atoms with Gasteiger partial charge in [0.25, 0.3) is 11.8 Å². The van der Waals surface area contributed by atoms with Crippen molar-refractivity contribution in [1.82, 2.24) is 0 Å². The average molecular weight is 473 g/mol. The van der Waals surface area contributed by atoms with Gasteiger partial charge in [0.1, 0.15) is 22.9 Å². The standard InChI is InChI=1S/C22H15BrF2N2O3/c1-27-18-9-14(15(23)10-19(18)30-11-20(27)28)12-5-7-13(8-6-12)26-22(29)21-16(24)3-2-4-17(21)25/h2-10H,11H2,1H3,(H,26,29). The Morgan fingerprint density at radius 2 is 1.77 bits per heavy atom. The van der Waals surface area contributed by atoms with Crippen molar-refractivity contribution in [2.75, 3.05) is 23.9 Å². The average Bonchev–Trinajstić information content (AvgIpc) is 2.71. The number of carbonyl (C=O) groups excluding carboxylic acids is 2. The van der Waals surface area contributed by atoms with Crippen LogP contribution in [-0.2, 0) is 4.79 Å². The van der Waals surface area contributed by atoms with Crippen LogP contribution in [0, 0.1) is 11.6 Å². The first-order chi connectivity index (χ1) is 14.3. The monoisotopic (exact) mass is 472 g/mol. The van der Waals surface area contributed by atoms with Gasteiger partial charge in [-0.2, -0.15) is 0 Å². The summed E-state index contributed by atoms with van der Waals surface area (Å²) < 4.78 is 33.8. The molecule has 1 N–H and O–H groups in total. The van der Waals surface area contributed by atoms with Crippen molar-refractivity contribution in [3.8, 4) is 16.9 Å². The molecule has 0 atom stereocenters. The van der Waals surface area contributed by atoms with Gasteiger partial charge in [0.2, 0.25) is 0 Å². The lowest BCUT2D eigenvalue weighted by Gasteiger charge is -2.27. The Morgan fingerprint density at radius 1 is 1.10 bits per heavy atom. The van der Waals surface area contributed by atoms with Crippen molar-refractivity contribution in [1.29, 1.82) is 0 Å². The SMILES string of the molecule is CN1C(=O)COc2cc(Br)c(-c3ccc(NC(=O)c4c(F)cccc4F)cc3)cc21. The molecule has 4 rings (SSSR count). The summed E-state index contributed by atoms with van der Waals surface area (Å²) in [5, 5.41) is 2.49. The maximum atomic E-state index is 13.8. The zero-order valence-corrected chi connectivity index (χ0v) is 17.3. The van der Waals surface area contributed by atoms with E-state index < -0.39 is 23.1 Å². The number of rotatable bonds is 3. The van der Waals surface area contributed by atoms with Crippen LogP contribution in [0.2, 0.25) is 0 Å². The molecule has 30 heavy (non-hydrogen) atoms. The van der Waals surface area contributed by atoms with Crippen LogP contribution in [0.25, 0.3) is 11.1 Å². The fraction of sp³-hybridized carbons (Fsp3) is 0.0909. The number of halogens is 3. The van der Waals surface area contributed by atoms with Gasteiger partial charge in [-0.05, 0) is 47.5 Å². The Bertz CT molecular complexity index is 1150. The molecule has 0 aliphatic carbocycles. The highest BCUT2D eigenvalue weighted by Crippen LogP contribution is 2.40. The van der Waals surface area contributed by atoms with E-state index in [9.17, 15) is 18.4 Å². The van der Waals surface area contributed by atoms with E-state index in [1.165, 1.54) is 11.0 Å². The summed E-state index contributed by atoms with van der Waals surface area (Å²) in [7, 11) is 1.68. The molecule has 152 valence electrons. The lowest BCUT2D eigenvalue weighted by atomic mass is 10.0. The number of hydrogen-bond acceptors (Lipinski definition) is 3. The molecule has 0 saturated heterocycles. The van der Waals surface area contributed by atoms with Crippen LogP contribution in [0.3, 0.4) is 0 Å². The first kappa shape index (κ1) is 20.0. The minimum absolute atomic E-state index is 0.00765. The Balaban J connectivity index is 1.60. The maximum Gasteiger partial charge on any atom is 0.264 e. The molecule has 1 aliphatic heterocycles. The molecule has 3 aromatic carbocycles. The van der Waals surface area contributed by atoms with E-state index in [0.29, 0.717) is 17.1 Å². The van der Waals surface area contributed by atoms with Gasteiger partial charge in [-0.25, -0.2) is 8.78 Å². The van der Waals surface area contributed by atoms with Gasteiger partial charge in [-0.15, -0.1) is 0 Å². The number of hydrogen-bond donors (Lipinski definition) is 1. The third-order valence-electron chi connectivity index (χ3n) is 4.78. The first-order valence-electron chi connectivity index (χ1n) is 8.94. The number of nitrogens with zero attached hydrogens (tertiary/aromatic N) is 1. The van der Waals surface area contributed by atoms with Crippen LogP contribution in [0.4, 0.5) is 20.2 Å². The highest BCUT2D eigenvalue weighted by Gasteiger charge is 2.24. The molecule has 8 heteroatoms. The van der Waals surface area contributed by atoms with E-state index in [0.717, 1.165) is 27.7 Å². The summed E-state index contributed by atoms with van der Waals surface area (Å²) >= 11 is 3.52.